The van der Waals surface area contributed by atoms with Crippen molar-refractivity contribution in [2.45, 2.75) is 6.67 Å². The van der Waals surface area contributed by atoms with Gasteiger partial charge in [-0.15, -0.1) is 20.4 Å². The van der Waals surface area contributed by atoms with Crippen molar-refractivity contribution in [3.05, 3.63) is 36.2 Å². The Morgan fingerprint density at radius 3 is 2.21 bits per heavy atom. The zero-order valence-corrected chi connectivity index (χ0v) is 7.26. The number of aromatic nitrogens is 4. The third-order valence-corrected chi connectivity index (χ3v) is 1.77. The molecular formula is C9H7FN4. The molecule has 1 heterocycles. The first-order chi connectivity index (χ1) is 6.90. The zero-order chi connectivity index (χ0) is 9.80. The lowest BCUT2D eigenvalue weighted by Crippen LogP contribution is -1.93. The van der Waals surface area contributed by atoms with Gasteiger partial charge in [0.05, 0.1) is 0 Å². The summed E-state index contributed by atoms with van der Waals surface area (Å²) in [5.74, 6) is 0.443. The van der Waals surface area contributed by atoms with Gasteiger partial charge in [0, 0.05) is 5.56 Å². The van der Waals surface area contributed by atoms with Crippen molar-refractivity contribution < 1.29 is 4.39 Å². The Morgan fingerprint density at radius 1 is 1.00 bits per heavy atom. The summed E-state index contributed by atoms with van der Waals surface area (Å²) in [5.41, 5.74) is 1.41. The smallest absolute Gasteiger partial charge is 0.203 e. The molecule has 70 valence electrons. The predicted molar refractivity (Wildman–Crippen MR) is 47.9 cm³/mol. The third-order valence-electron chi connectivity index (χ3n) is 1.77. The minimum absolute atomic E-state index is 0.443. The highest BCUT2D eigenvalue weighted by Crippen LogP contribution is 2.13. The second kappa shape index (κ2) is 3.87. The van der Waals surface area contributed by atoms with Crippen LogP contribution in [0.4, 0.5) is 4.39 Å². The summed E-state index contributed by atoms with van der Waals surface area (Å²) in [6.45, 7) is -0.466. The Balaban J connectivity index is 2.34. The molecule has 0 bridgehead atoms. The standard InChI is InChI=1S/C9H7FN4/c10-5-7-1-3-8(4-2-7)9-13-11-6-12-14-9/h1-4,6H,5H2/i10-1. The molecule has 0 aliphatic heterocycles. The molecule has 0 N–H and O–H groups in total. The van der Waals surface area contributed by atoms with Crippen LogP contribution in [-0.4, -0.2) is 20.4 Å². The molecule has 0 saturated heterocycles. The third kappa shape index (κ3) is 1.71. The van der Waals surface area contributed by atoms with Crippen molar-refractivity contribution in [2.24, 2.45) is 0 Å². The normalized spacial score (nSPS) is 10.1. The van der Waals surface area contributed by atoms with Crippen LogP contribution in [0.5, 0.6) is 0 Å². The number of rotatable bonds is 2. The van der Waals surface area contributed by atoms with Crippen molar-refractivity contribution in [3.8, 4) is 11.4 Å². The lowest BCUT2D eigenvalue weighted by molar-refractivity contribution is 0.485. The van der Waals surface area contributed by atoms with Crippen LogP contribution in [0.25, 0.3) is 11.4 Å². The van der Waals surface area contributed by atoms with E-state index in [4.69, 9.17) is 0 Å². The maximum absolute atomic E-state index is 12.2. The number of nitrogens with zero attached hydrogens (tertiary/aromatic N) is 4. The first kappa shape index (κ1) is 8.68. The molecule has 0 unspecified atom stereocenters. The Hall–Kier alpha value is -1.91. The van der Waals surface area contributed by atoms with Crippen LogP contribution < -0.4 is 0 Å². The van der Waals surface area contributed by atoms with Crippen LogP contribution in [-0.2, 0) is 6.67 Å². The molecule has 0 radical (unpaired) electrons. The number of hydrogen-bond acceptors (Lipinski definition) is 4. The van der Waals surface area contributed by atoms with E-state index in [1.165, 1.54) is 6.33 Å². The molecule has 1 aromatic carbocycles. The number of alkyl halides is 1. The van der Waals surface area contributed by atoms with Crippen molar-refractivity contribution in [2.75, 3.05) is 0 Å². The largest absolute Gasteiger partial charge is 0.246 e. The minimum atomic E-state index is -0.466. The fourth-order valence-electron chi connectivity index (χ4n) is 1.06. The van der Waals surface area contributed by atoms with Crippen LogP contribution >= 0.6 is 0 Å². The van der Waals surface area contributed by atoms with Crippen molar-refractivity contribution in [3.63, 3.8) is 0 Å². The Bertz CT molecular complexity index is 401. The van der Waals surface area contributed by atoms with E-state index >= 15 is 0 Å². The van der Waals surface area contributed by atoms with Crippen LogP contribution in [0.15, 0.2) is 30.6 Å². The Morgan fingerprint density at radius 2 is 1.64 bits per heavy atom. The number of benzene rings is 1. The van der Waals surface area contributed by atoms with E-state index in [0.29, 0.717) is 11.4 Å². The fourth-order valence-corrected chi connectivity index (χ4v) is 1.06. The zero-order valence-electron chi connectivity index (χ0n) is 7.26. The van der Waals surface area contributed by atoms with E-state index in [-0.39, 0.29) is 0 Å². The topological polar surface area (TPSA) is 51.6 Å². The number of hydrogen-bond donors (Lipinski definition) is 0. The molecule has 2 rings (SSSR count). The van der Waals surface area contributed by atoms with Gasteiger partial charge in [-0.25, -0.2) is 4.39 Å². The predicted octanol–water partition coefficient (Wildman–Crippen LogP) is 1.40. The summed E-state index contributed by atoms with van der Waals surface area (Å²) in [5, 5.41) is 14.8. The average Bonchev–Trinajstić information content (AvgIpc) is 2.30. The summed E-state index contributed by atoms with van der Waals surface area (Å²) in [6.07, 6.45) is 1.26. The molecule has 0 aliphatic carbocycles. The monoisotopic (exact) mass is 189 g/mol. The minimum Gasteiger partial charge on any atom is -0.246 e. The van der Waals surface area contributed by atoms with Gasteiger partial charge in [0.1, 0.15) is 6.67 Å². The average molecular weight is 189 g/mol. The Kier molecular flexibility index (Phi) is 2.40. The van der Waals surface area contributed by atoms with E-state index in [1.54, 1.807) is 24.3 Å². The molecule has 0 amide bonds. The van der Waals surface area contributed by atoms with E-state index in [1.807, 2.05) is 0 Å². The number of halogens is 1. The lowest BCUT2D eigenvalue weighted by atomic mass is 10.1. The van der Waals surface area contributed by atoms with Gasteiger partial charge in [0.2, 0.25) is 5.82 Å². The first-order valence-electron chi connectivity index (χ1n) is 4.06. The SMILES string of the molecule is [18F]Cc1ccc(-c2nncnn2)cc1. The second-order valence-corrected chi connectivity index (χ2v) is 2.70. The second-order valence-electron chi connectivity index (χ2n) is 2.70. The Labute approximate surface area is 79.8 Å². The van der Waals surface area contributed by atoms with Gasteiger partial charge in [-0.1, -0.05) is 24.3 Å². The van der Waals surface area contributed by atoms with Gasteiger partial charge in [-0.05, 0) is 5.56 Å². The van der Waals surface area contributed by atoms with Crippen LogP contribution in [0.3, 0.4) is 0 Å². The molecule has 14 heavy (non-hydrogen) atoms. The molecule has 0 saturated carbocycles. The summed E-state index contributed by atoms with van der Waals surface area (Å²) < 4.78 is 12.2. The highest BCUT2D eigenvalue weighted by atomic mass is 18.2. The summed E-state index contributed by atoms with van der Waals surface area (Å²) in [6, 6.07) is 6.86. The molecule has 0 fully saturated rings. The van der Waals surface area contributed by atoms with Gasteiger partial charge < -0.3 is 0 Å². The summed E-state index contributed by atoms with van der Waals surface area (Å²) in [4.78, 5) is 0. The van der Waals surface area contributed by atoms with Crippen molar-refractivity contribution in [1.82, 2.24) is 20.4 Å². The maximum Gasteiger partial charge on any atom is 0.203 e. The fraction of sp³-hybridized carbons (Fsp3) is 0.111. The summed E-state index contributed by atoms with van der Waals surface area (Å²) in [7, 11) is 0. The maximum atomic E-state index is 12.2. The van der Waals surface area contributed by atoms with Gasteiger partial charge in [0.15, 0.2) is 6.33 Å². The highest BCUT2D eigenvalue weighted by molar-refractivity contribution is 5.53. The van der Waals surface area contributed by atoms with Crippen molar-refractivity contribution in [1.29, 1.82) is 0 Å². The quantitative estimate of drug-likeness (QED) is 0.716. The molecule has 5 heteroatoms. The molecule has 0 aliphatic rings. The molecule has 4 nitrogen and oxygen atoms in total. The molecule has 0 spiro atoms. The van der Waals surface area contributed by atoms with Crippen molar-refractivity contribution >= 4 is 0 Å². The first-order valence-corrected chi connectivity index (χ1v) is 4.06. The molecule has 1 aromatic heterocycles. The van der Waals surface area contributed by atoms with E-state index in [2.05, 4.69) is 20.4 Å². The highest BCUT2D eigenvalue weighted by Gasteiger charge is 2.00. The molecule has 2 aromatic rings. The van der Waals surface area contributed by atoms with Crippen LogP contribution in [0, 0.1) is 0 Å². The van der Waals surface area contributed by atoms with Gasteiger partial charge >= 0.3 is 0 Å². The lowest BCUT2D eigenvalue weighted by Gasteiger charge is -1.97. The van der Waals surface area contributed by atoms with Crippen LogP contribution in [0.1, 0.15) is 5.56 Å². The van der Waals surface area contributed by atoms with Crippen LogP contribution in [0.2, 0.25) is 0 Å². The molecule has 0 atom stereocenters. The van der Waals surface area contributed by atoms with Gasteiger partial charge in [-0.2, -0.15) is 0 Å². The van der Waals surface area contributed by atoms with Gasteiger partial charge in [0.25, 0.3) is 0 Å². The molecular weight excluding hydrogens is 182 g/mol. The van der Waals surface area contributed by atoms with E-state index in [9.17, 15) is 4.39 Å². The summed E-state index contributed by atoms with van der Waals surface area (Å²) >= 11 is 0. The van der Waals surface area contributed by atoms with Gasteiger partial charge in [-0.3, -0.25) is 0 Å². The van der Waals surface area contributed by atoms with E-state index in [0.717, 1.165) is 5.56 Å². The van der Waals surface area contributed by atoms with E-state index < -0.39 is 6.67 Å².